The summed E-state index contributed by atoms with van der Waals surface area (Å²) in [5.41, 5.74) is 1.24. The molecule has 1 amide bonds. The Kier molecular flexibility index (Phi) is 9.90. The second-order valence-corrected chi connectivity index (χ2v) is 13.3. The molecule has 0 aliphatic carbocycles. The Labute approximate surface area is 242 Å². The molecule has 1 heterocycles. The van der Waals surface area contributed by atoms with Crippen LogP contribution < -0.4 is 19.1 Å². The smallest absolute Gasteiger partial charge is 0.264 e. The van der Waals surface area contributed by atoms with Crippen molar-refractivity contribution >= 4 is 31.6 Å². The van der Waals surface area contributed by atoms with Crippen LogP contribution in [0.15, 0.2) is 82.6 Å². The molecule has 0 radical (unpaired) electrons. The zero-order chi connectivity index (χ0) is 29.5. The first-order valence-corrected chi connectivity index (χ1v) is 16.3. The van der Waals surface area contributed by atoms with Gasteiger partial charge in [0.15, 0.2) is 0 Å². The van der Waals surface area contributed by atoms with Crippen molar-refractivity contribution in [2.75, 3.05) is 43.7 Å². The second-order valence-electron chi connectivity index (χ2n) is 9.53. The number of hydrogen-bond acceptors (Lipinski definition) is 7. The lowest BCUT2D eigenvalue weighted by atomic mass is 10.2. The Bertz CT molecular complexity index is 1520. The van der Waals surface area contributed by atoms with Crippen LogP contribution in [0.1, 0.15) is 25.3 Å². The van der Waals surface area contributed by atoms with Crippen molar-refractivity contribution in [2.45, 2.75) is 36.5 Å². The van der Waals surface area contributed by atoms with Gasteiger partial charge in [-0.05, 0) is 87.4 Å². The maximum absolute atomic E-state index is 13.5. The number of ether oxygens (including phenoxy) is 2. The van der Waals surface area contributed by atoms with Crippen molar-refractivity contribution in [1.82, 2.24) is 9.62 Å². The van der Waals surface area contributed by atoms with Gasteiger partial charge in [0.1, 0.15) is 24.7 Å². The lowest BCUT2D eigenvalue weighted by Gasteiger charge is -2.24. The van der Waals surface area contributed by atoms with E-state index in [2.05, 4.69) is 5.32 Å². The molecular weight excluding hydrogens is 566 g/mol. The molecule has 41 heavy (non-hydrogen) atoms. The van der Waals surface area contributed by atoms with Crippen molar-refractivity contribution in [2.24, 2.45) is 0 Å². The van der Waals surface area contributed by atoms with E-state index in [0.717, 1.165) is 22.7 Å². The predicted molar refractivity (Wildman–Crippen MR) is 156 cm³/mol. The highest BCUT2D eigenvalue weighted by Gasteiger charge is 2.28. The van der Waals surface area contributed by atoms with Crippen LogP contribution in [-0.4, -0.2) is 66.4 Å². The van der Waals surface area contributed by atoms with Gasteiger partial charge in [0.25, 0.3) is 10.0 Å². The van der Waals surface area contributed by atoms with Crippen LogP contribution in [0.25, 0.3) is 0 Å². The molecule has 1 fully saturated rings. The summed E-state index contributed by atoms with van der Waals surface area (Å²) in [4.78, 5) is 13.1. The lowest BCUT2D eigenvalue weighted by Crippen LogP contribution is -2.41. The Hall–Kier alpha value is -3.61. The quantitative estimate of drug-likeness (QED) is 0.297. The molecule has 1 aliphatic heterocycles. The molecule has 0 spiro atoms. The first kappa shape index (κ1) is 30.4. The monoisotopic (exact) mass is 601 g/mol. The van der Waals surface area contributed by atoms with Crippen molar-refractivity contribution < 1.29 is 31.1 Å². The fourth-order valence-corrected chi connectivity index (χ4v) is 7.30. The van der Waals surface area contributed by atoms with Crippen LogP contribution in [0.2, 0.25) is 0 Å². The molecule has 0 saturated carbocycles. The van der Waals surface area contributed by atoms with E-state index in [1.807, 2.05) is 13.8 Å². The number of amides is 1. The van der Waals surface area contributed by atoms with E-state index in [9.17, 15) is 21.6 Å². The molecule has 3 aromatic carbocycles. The Morgan fingerprint density at radius 2 is 1.39 bits per heavy atom. The number of nitrogens with one attached hydrogen (secondary N) is 1. The van der Waals surface area contributed by atoms with Gasteiger partial charge in [-0.2, -0.15) is 4.31 Å². The second kappa shape index (κ2) is 13.4. The number of anilines is 1. The van der Waals surface area contributed by atoms with Gasteiger partial charge in [0.2, 0.25) is 15.9 Å². The highest BCUT2D eigenvalue weighted by atomic mass is 32.2. The third-order valence-corrected chi connectivity index (χ3v) is 10.3. The molecule has 220 valence electrons. The van der Waals surface area contributed by atoms with Crippen LogP contribution in [0.4, 0.5) is 5.69 Å². The summed E-state index contributed by atoms with van der Waals surface area (Å²) >= 11 is 0. The average molecular weight is 602 g/mol. The maximum atomic E-state index is 13.5. The van der Waals surface area contributed by atoms with E-state index in [1.165, 1.54) is 28.6 Å². The predicted octanol–water partition coefficient (Wildman–Crippen LogP) is 3.57. The SMILES string of the molecule is CCOc1ccc(N(CC(=O)NCCOc2ccc(S(=O)(=O)N3CCCC3)cc2)S(=O)(=O)c2ccc(C)cc2)cc1. The fourth-order valence-electron chi connectivity index (χ4n) is 4.36. The highest BCUT2D eigenvalue weighted by molar-refractivity contribution is 7.92. The van der Waals surface area contributed by atoms with E-state index in [4.69, 9.17) is 9.47 Å². The van der Waals surface area contributed by atoms with Crippen molar-refractivity contribution in [3.05, 3.63) is 78.4 Å². The molecule has 12 heteroatoms. The maximum Gasteiger partial charge on any atom is 0.264 e. The number of benzene rings is 3. The van der Waals surface area contributed by atoms with Crippen LogP contribution in [0.3, 0.4) is 0 Å². The van der Waals surface area contributed by atoms with E-state index in [-0.39, 0.29) is 22.9 Å². The Morgan fingerprint density at radius 3 is 2.00 bits per heavy atom. The highest BCUT2D eigenvalue weighted by Crippen LogP contribution is 2.26. The minimum absolute atomic E-state index is 0.0725. The van der Waals surface area contributed by atoms with Gasteiger partial charge in [0, 0.05) is 13.1 Å². The van der Waals surface area contributed by atoms with Gasteiger partial charge in [-0.25, -0.2) is 16.8 Å². The van der Waals surface area contributed by atoms with Gasteiger partial charge in [-0.3, -0.25) is 9.10 Å². The summed E-state index contributed by atoms with van der Waals surface area (Å²) in [5.74, 6) is 0.537. The van der Waals surface area contributed by atoms with E-state index in [1.54, 1.807) is 48.5 Å². The number of carbonyl (C=O) groups is 1. The fraction of sp³-hybridized carbons (Fsp3) is 0.345. The van der Waals surface area contributed by atoms with Gasteiger partial charge in [-0.15, -0.1) is 0 Å². The number of aryl methyl sites for hydroxylation is 1. The minimum Gasteiger partial charge on any atom is -0.494 e. The van der Waals surface area contributed by atoms with E-state index >= 15 is 0 Å². The zero-order valence-corrected chi connectivity index (χ0v) is 24.8. The molecule has 4 rings (SSSR count). The normalized spacial score (nSPS) is 14.0. The number of nitrogens with zero attached hydrogens (tertiary/aromatic N) is 2. The summed E-state index contributed by atoms with van der Waals surface area (Å²) in [6.45, 7) is 5.04. The van der Waals surface area contributed by atoms with E-state index in [0.29, 0.717) is 36.9 Å². The van der Waals surface area contributed by atoms with Gasteiger partial charge in [-0.1, -0.05) is 17.7 Å². The third kappa shape index (κ3) is 7.57. The average Bonchev–Trinajstić information content (AvgIpc) is 3.52. The van der Waals surface area contributed by atoms with Gasteiger partial charge >= 0.3 is 0 Å². The van der Waals surface area contributed by atoms with Crippen molar-refractivity contribution in [3.8, 4) is 11.5 Å². The molecule has 0 unspecified atom stereocenters. The van der Waals surface area contributed by atoms with Crippen LogP contribution in [0.5, 0.6) is 11.5 Å². The first-order valence-electron chi connectivity index (χ1n) is 13.4. The molecule has 1 N–H and O–H groups in total. The molecule has 0 aromatic heterocycles. The molecular formula is C29H35N3O7S2. The van der Waals surface area contributed by atoms with Crippen LogP contribution >= 0.6 is 0 Å². The summed E-state index contributed by atoms with van der Waals surface area (Å²) in [6.07, 6.45) is 1.73. The number of carbonyl (C=O) groups excluding carboxylic acids is 1. The molecule has 1 saturated heterocycles. The number of sulfonamides is 2. The summed E-state index contributed by atoms with van der Waals surface area (Å²) in [5, 5.41) is 2.69. The molecule has 0 atom stereocenters. The Morgan fingerprint density at radius 1 is 0.829 bits per heavy atom. The zero-order valence-electron chi connectivity index (χ0n) is 23.2. The molecule has 0 bridgehead atoms. The number of rotatable bonds is 13. The van der Waals surface area contributed by atoms with Crippen molar-refractivity contribution in [1.29, 1.82) is 0 Å². The van der Waals surface area contributed by atoms with Gasteiger partial charge < -0.3 is 14.8 Å². The van der Waals surface area contributed by atoms with Crippen molar-refractivity contribution in [3.63, 3.8) is 0 Å². The standard InChI is InChI=1S/C29H35N3O7S2/c1-3-38-25-10-8-24(9-11-25)32(41(36,37)28-14-6-23(2)7-15-28)22-29(33)30-18-21-39-26-12-16-27(17-13-26)40(34,35)31-19-4-5-20-31/h6-17H,3-5,18-22H2,1-2H3,(H,30,33). The molecule has 1 aliphatic rings. The summed E-state index contributed by atoms with van der Waals surface area (Å²) < 4.78 is 66.1. The molecule has 3 aromatic rings. The topological polar surface area (TPSA) is 122 Å². The first-order chi connectivity index (χ1) is 19.6. The summed E-state index contributed by atoms with van der Waals surface area (Å²) in [7, 11) is -7.55. The Balaban J connectivity index is 1.37. The lowest BCUT2D eigenvalue weighted by molar-refractivity contribution is -0.119. The largest absolute Gasteiger partial charge is 0.494 e. The molecule has 10 nitrogen and oxygen atoms in total. The van der Waals surface area contributed by atoms with E-state index < -0.39 is 32.5 Å². The minimum atomic E-state index is -4.04. The summed E-state index contributed by atoms with van der Waals surface area (Å²) in [6, 6.07) is 19.1. The third-order valence-electron chi connectivity index (χ3n) is 6.55. The van der Waals surface area contributed by atoms with Crippen LogP contribution in [-0.2, 0) is 24.8 Å². The van der Waals surface area contributed by atoms with Crippen LogP contribution in [0, 0.1) is 6.92 Å². The number of hydrogen-bond donors (Lipinski definition) is 1. The van der Waals surface area contributed by atoms with Gasteiger partial charge in [0.05, 0.1) is 28.6 Å².